The molecule has 1 aromatic carbocycles. The number of nitrogens with one attached hydrogen (secondary N) is 1. The van der Waals surface area contributed by atoms with E-state index in [1.54, 1.807) is 0 Å². The third-order valence-corrected chi connectivity index (χ3v) is 3.25. The Morgan fingerprint density at radius 2 is 2.22 bits per heavy atom. The summed E-state index contributed by atoms with van der Waals surface area (Å²) in [5, 5.41) is 6.27. The maximum absolute atomic E-state index is 13.4. The summed E-state index contributed by atoms with van der Waals surface area (Å²) in [6.07, 6.45) is 1.12. The lowest BCUT2D eigenvalue weighted by atomic mass is 10.2. The molecule has 94 valence electrons. The molecule has 1 aromatic heterocycles. The lowest BCUT2D eigenvalue weighted by molar-refractivity contribution is 0.507. The zero-order chi connectivity index (χ0) is 13.1. The van der Waals surface area contributed by atoms with Crippen molar-refractivity contribution in [1.82, 2.24) is 4.98 Å². The van der Waals surface area contributed by atoms with Crippen LogP contribution in [0.25, 0.3) is 0 Å². The molecule has 3 nitrogen and oxygen atoms in total. The van der Waals surface area contributed by atoms with Gasteiger partial charge in [0.1, 0.15) is 0 Å². The number of thiazole rings is 1. The Balaban J connectivity index is 2.16. The Morgan fingerprint density at radius 1 is 1.44 bits per heavy atom. The summed E-state index contributed by atoms with van der Waals surface area (Å²) in [4.78, 5) is 4.10. The highest BCUT2D eigenvalue weighted by Crippen LogP contribution is 2.20. The van der Waals surface area contributed by atoms with E-state index < -0.39 is 11.6 Å². The average molecular weight is 288 g/mol. The minimum atomic E-state index is -1.02. The summed E-state index contributed by atoms with van der Waals surface area (Å²) >= 11 is 7.11. The predicted molar refractivity (Wildman–Crippen MR) is 69.4 cm³/mol. The van der Waals surface area contributed by atoms with Crippen LogP contribution in [0.2, 0.25) is 5.02 Å². The maximum atomic E-state index is 13.4. The van der Waals surface area contributed by atoms with Crippen LogP contribution in [0.3, 0.4) is 0 Å². The molecule has 2 aromatic rings. The first-order chi connectivity index (χ1) is 8.58. The second-order valence-electron chi connectivity index (χ2n) is 3.42. The Kier molecular flexibility index (Phi) is 3.88. The summed E-state index contributed by atoms with van der Waals surface area (Å²) in [6.45, 7) is 1.84. The molecule has 0 unspecified atom stereocenters. The van der Waals surface area contributed by atoms with Crippen LogP contribution < -0.4 is 5.43 Å². The zero-order valence-electron chi connectivity index (χ0n) is 9.25. The number of benzene rings is 1. The van der Waals surface area contributed by atoms with E-state index in [1.165, 1.54) is 17.4 Å². The normalized spacial score (nSPS) is 11.1. The highest BCUT2D eigenvalue weighted by molar-refractivity contribution is 7.13. The monoisotopic (exact) mass is 287 g/mol. The number of aryl methyl sites for hydroxylation is 1. The van der Waals surface area contributed by atoms with Gasteiger partial charge in [-0.25, -0.2) is 13.8 Å². The van der Waals surface area contributed by atoms with Crippen LogP contribution in [0.5, 0.6) is 0 Å². The number of aromatic nitrogens is 1. The minimum Gasteiger partial charge on any atom is -0.253 e. The summed E-state index contributed by atoms with van der Waals surface area (Å²) in [5.41, 5.74) is 3.37. The van der Waals surface area contributed by atoms with Crippen molar-refractivity contribution in [1.29, 1.82) is 0 Å². The highest BCUT2D eigenvalue weighted by atomic mass is 35.5. The molecule has 0 aliphatic heterocycles. The van der Waals surface area contributed by atoms with E-state index in [2.05, 4.69) is 15.5 Å². The van der Waals surface area contributed by atoms with Gasteiger partial charge in [-0.15, -0.1) is 11.3 Å². The minimum absolute atomic E-state index is 0.0924. The molecule has 0 atom stereocenters. The fourth-order valence-electron chi connectivity index (χ4n) is 1.22. The molecule has 0 fully saturated rings. The zero-order valence-corrected chi connectivity index (χ0v) is 10.8. The van der Waals surface area contributed by atoms with Gasteiger partial charge >= 0.3 is 0 Å². The van der Waals surface area contributed by atoms with Gasteiger partial charge in [0, 0.05) is 5.38 Å². The number of halogens is 3. The van der Waals surface area contributed by atoms with Gasteiger partial charge in [-0.2, -0.15) is 5.10 Å². The van der Waals surface area contributed by atoms with Gasteiger partial charge in [0.15, 0.2) is 11.6 Å². The van der Waals surface area contributed by atoms with Crippen molar-refractivity contribution in [2.24, 2.45) is 5.10 Å². The smallest absolute Gasteiger partial charge is 0.203 e. The van der Waals surface area contributed by atoms with E-state index in [4.69, 9.17) is 11.6 Å². The van der Waals surface area contributed by atoms with Crippen molar-refractivity contribution in [3.8, 4) is 0 Å². The molecule has 0 bridgehead atoms. The fourth-order valence-corrected chi connectivity index (χ4v) is 2.05. The topological polar surface area (TPSA) is 37.3 Å². The SMILES string of the molecule is Cc1csc(NN=Cc2c(Cl)ccc(F)c2F)n1. The largest absolute Gasteiger partial charge is 0.253 e. The number of hydrogen-bond acceptors (Lipinski definition) is 4. The second-order valence-corrected chi connectivity index (χ2v) is 4.69. The van der Waals surface area contributed by atoms with Crippen LogP contribution in [0.1, 0.15) is 11.3 Å². The van der Waals surface area contributed by atoms with Crippen LogP contribution in [-0.2, 0) is 0 Å². The number of hydrazone groups is 1. The molecule has 1 heterocycles. The molecular formula is C11H8ClF2N3S. The molecular weight excluding hydrogens is 280 g/mol. The first-order valence-corrected chi connectivity index (χ1v) is 6.18. The van der Waals surface area contributed by atoms with Crippen LogP contribution >= 0.6 is 22.9 Å². The van der Waals surface area contributed by atoms with Gasteiger partial charge in [0.25, 0.3) is 0 Å². The number of hydrogen-bond donors (Lipinski definition) is 1. The van der Waals surface area contributed by atoms with Gasteiger partial charge in [-0.3, -0.25) is 5.43 Å². The molecule has 1 N–H and O–H groups in total. The highest BCUT2D eigenvalue weighted by Gasteiger charge is 2.10. The van der Waals surface area contributed by atoms with Crippen LogP contribution in [-0.4, -0.2) is 11.2 Å². The molecule has 0 aliphatic carbocycles. The first-order valence-electron chi connectivity index (χ1n) is 4.92. The van der Waals surface area contributed by atoms with Gasteiger partial charge in [0.05, 0.1) is 22.5 Å². The Morgan fingerprint density at radius 3 is 2.89 bits per heavy atom. The van der Waals surface area contributed by atoms with Crippen molar-refractivity contribution in [2.45, 2.75) is 6.92 Å². The van der Waals surface area contributed by atoms with E-state index in [0.717, 1.165) is 18.0 Å². The van der Waals surface area contributed by atoms with E-state index in [-0.39, 0.29) is 10.6 Å². The quantitative estimate of drug-likeness (QED) is 0.529. The third kappa shape index (κ3) is 2.83. The van der Waals surface area contributed by atoms with Crippen molar-refractivity contribution < 1.29 is 8.78 Å². The van der Waals surface area contributed by atoms with Crippen LogP contribution in [0, 0.1) is 18.6 Å². The van der Waals surface area contributed by atoms with E-state index in [1.807, 2.05) is 12.3 Å². The molecule has 7 heteroatoms. The van der Waals surface area contributed by atoms with Crippen LogP contribution in [0.15, 0.2) is 22.6 Å². The van der Waals surface area contributed by atoms with Gasteiger partial charge < -0.3 is 0 Å². The molecule has 0 saturated heterocycles. The molecule has 0 amide bonds. The van der Waals surface area contributed by atoms with Gasteiger partial charge in [0.2, 0.25) is 5.13 Å². The summed E-state index contributed by atoms with van der Waals surface area (Å²) in [5.74, 6) is -1.99. The molecule has 0 saturated carbocycles. The molecule has 0 aliphatic rings. The Bertz CT molecular complexity index is 598. The summed E-state index contributed by atoms with van der Waals surface area (Å²) in [7, 11) is 0. The average Bonchev–Trinajstić information content (AvgIpc) is 2.74. The Hall–Kier alpha value is -1.53. The molecule has 18 heavy (non-hydrogen) atoms. The predicted octanol–water partition coefficient (Wildman–Crippen LogP) is 3.83. The second kappa shape index (κ2) is 5.41. The number of anilines is 1. The van der Waals surface area contributed by atoms with Gasteiger partial charge in [-0.1, -0.05) is 11.6 Å². The maximum Gasteiger partial charge on any atom is 0.203 e. The molecule has 2 rings (SSSR count). The van der Waals surface area contributed by atoms with Crippen molar-refractivity contribution in [3.05, 3.63) is 45.4 Å². The van der Waals surface area contributed by atoms with E-state index in [0.29, 0.717) is 5.13 Å². The third-order valence-electron chi connectivity index (χ3n) is 2.05. The van der Waals surface area contributed by atoms with Crippen LogP contribution in [0.4, 0.5) is 13.9 Å². The molecule has 0 radical (unpaired) electrons. The lowest BCUT2D eigenvalue weighted by Gasteiger charge is -2.00. The Labute approximate surface area is 111 Å². The van der Waals surface area contributed by atoms with Gasteiger partial charge in [-0.05, 0) is 19.1 Å². The van der Waals surface area contributed by atoms with E-state index in [9.17, 15) is 8.78 Å². The lowest BCUT2D eigenvalue weighted by Crippen LogP contribution is -1.96. The van der Waals surface area contributed by atoms with Crippen molar-refractivity contribution in [3.63, 3.8) is 0 Å². The standard InChI is InChI=1S/C11H8ClF2N3S/c1-6-5-18-11(16-6)17-15-4-7-8(12)2-3-9(13)10(7)14/h2-5H,1H3,(H,16,17). The van der Waals surface area contributed by atoms with Crippen molar-refractivity contribution in [2.75, 3.05) is 5.43 Å². The molecule has 0 spiro atoms. The van der Waals surface area contributed by atoms with E-state index >= 15 is 0 Å². The summed E-state index contributed by atoms with van der Waals surface area (Å²) in [6, 6.07) is 2.24. The number of rotatable bonds is 3. The fraction of sp³-hybridized carbons (Fsp3) is 0.0909. The first kappa shape index (κ1) is 12.9. The summed E-state index contributed by atoms with van der Waals surface area (Å²) < 4.78 is 26.4. The number of nitrogens with zero attached hydrogens (tertiary/aromatic N) is 2. The van der Waals surface area contributed by atoms with Crippen molar-refractivity contribution >= 4 is 34.3 Å².